The van der Waals surface area contributed by atoms with Gasteiger partial charge in [-0.2, -0.15) is 4.39 Å². The molecule has 0 saturated heterocycles. The van der Waals surface area contributed by atoms with E-state index < -0.39 is 41.7 Å². The summed E-state index contributed by atoms with van der Waals surface area (Å²) in [6.07, 6.45) is -8.75. The molecule has 0 radical (unpaired) electrons. The van der Waals surface area contributed by atoms with Crippen LogP contribution in [-0.2, 0) is 0 Å². The summed E-state index contributed by atoms with van der Waals surface area (Å²) in [5.41, 5.74) is -2.75. The molecule has 1 rings (SSSR count). The molecule has 100 valence electrons. The molecule has 1 N–H and O–H groups in total. The van der Waals surface area contributed by atoms with Crippen molar-refractivity contribution in [1.82, 2.24) is 4.98 Å². The highest BCUT2D eigenvalue weighted by Gasteiger charge is 2.34. The van der Waals surface area contributed by atoms with Gasteiger partial charge in [-0.25, -0.2) is 18.6 Å². The number of hydrogen-bond donors (Lipinski definition) is 1. The topological polar surface area (TPSA) is 59.4 Å². The van der Waals surface area contributed by atoms with E-state index in [1.807, 2.05) is 0 Å². The van der Waals surface area contributed by atoms with Crippen LogP contribution < -0.4 is 4.74 Å². The molecule has 1 aromatic rings. The summed E-state index contributed by atoms with van der Waals surface area (Å²) in [4.78, 5) is 13.0. The average Bonchev–Trinajstić information content (AvgIpc) is 2.17. The lowest BCUT2D eigenvalue weighted by molar-refractivity contribution is -0.275. The lowest BCUT2D eigenvalue weighted by Crippen LogP contribution is -2.19. The number of hydrogen-bond acceptors (Lipinski definition) is 3. The molecule has 0 aliphatic rings. The fourth-order valence-corrected chi connectivity index (χ4v) is 1.02. The van der Waals surface area contributed by atoms with Crippen LogP contribution in [0.3, 0.4) is 0 Å². The van der Waals surface area contributed by atoms with Crippen LogP contribution in [0.5, 0.6) is 5.75 Å². The first-order valence-electron chi connectivity index (χ1n) is 4.09. The predicted octanol–water partition coefficient (Wildman–Crippen LogP) is 2.76. The van der Waals surface area contributed by atoms with E-state index in [-0.39, 0.29) is 6.07 Å². The highest BCUT2D eigenvalue weighted by Crippen LogP contribution is 2.29. The van der Waals surface area contributed by atoms with E-state index >= 15 is 0 Å². The van der Waals surface area contributed by atoms with E-state index in [2.05, 4.69) is 9.72 Å². The molecule has 1 aromatic heterocycles. The van der Waals surface area contributed by atoms with E-state index in [1.165, 1.54) is 0 Å². The Labute approximate surface area is 94.8 Å². The molecule has 0 unspecified atom stereocenters. The number of aromatic carboxylic acids is 1. The number of pyridine rings is 1. The molecule has 0 atom stereocenters. The maximum atomic E-state index is 12.9. The number of halogens is 6. The molecular weight excluding hydrogens is 272 g/mol. The zero-order chi connectivity index (χ0) is 14.1. The maximum absolute atomic E-state index is 12.9. The molecule has 0 aliphatic heterocycles. The van der Waals surface area contributed by atoms with Gasteiger partial charge in [0.25, 0.3) is 12.4 Å². The number of carboxylic acids is 1. The van der Waals surface area contributed by atoms with Crippen molar-refractivity contribution in [2.75, 3.05) is 0 Å². The number of rotatable bonds is 3. The van der Waals surface area contributed by atoms with Gasteiger partial charge in [-0.05, 0) is 0 Å². The number of carboxylic acid groups (broad SMARTS) is 1. The van der Waals surface area contributed by atoms with Crippen LogP contribution in [0.2, 0.25) is 0 Å². The number of alkyl halides is 5. The van der Waals surface area contributed by atoms with Gasteiger partial charge in [0.15, 0.2) is 5.75 Å². The van der Waals surface area contributed by atoms with Crippen LogP contribution in [0.4, 0.5) is 26.3 Å². The normalized spacial score (nSPS) is 11.7. The van der Waals surface area contributed by atoms with E-state index in [1.54, 1.807) is 0 Å². The molecule has 1 heterocycles. The number of nitrogens with zero attached hydrogens (tertiary/aromatic N) is 1. The Morgan fingerprint density at radius 3 is 2.33 bits per heavy atom. The van der Waals surface area contributed by atoms with Crippen molar-refractivity contribution in [2.45, 2.75) is 12.8 Å². The third kappa shape index (κ3) is 3.25. The van der Waals surface area contributed by atoms with Gasteiger partial charge in [-0.1, -0.05) is 0 Å². The standard InChI is InChI=1S/C8H3F6NO3/c9-5(10)4-2(7(16)17)1-3(6(11)15-4)18-8(12,13)14/h1,5H,(H,16,17). The first-order chi connectivity index (χ1) is 8.11. The molecule has 4 nitrogen and oxygen atoms in total. The Balaban J connectivity index is 3.32. The smallest absolute Gasteiger partial charge is 0.478 e. The molecule has 0 spiro atoms. The summed E-state index contributed by atoms with van der Waals surface area (Å²) in [6.45, 7) is 0. The van der Waals surface area contributed by atoms with Crippen molar-refractivity contribution >= 4 is 5.97 Å². The third-order valence-electron chi connectivity index (χ3n) is 1.64. The van der Waals surface area contributed by atoms with Crippen LogP contribution in [-0.4, -0.2) is 22.4 Å². The molecule has 18 heavy (non-hydrogen) atoms. The highest BCUT2D eigenvalue weighted by atomic mass is 19.4. The number of aromatic nitrogens is 1. The van der Waals surface area contributed by atoms with Crippen molar-refractivity contribution in [3.05, 3.63) is 23.3 Å². The van der Waals surface area contributed by atoms with Crippen molar-refractivity contribution in [3.63, 3.8) is 0 Å². The Morgan fingerprint density at radius 1 is 1.39 bits per heavy atom. The Kier molecular flexibility index (Phi) is 3.67. The third-order valence-corrected chi connectivity index (χ3v) is 1.64. The first-order valence-corrected chi connectivity index (χ1v) is 4.09. The van der Waals surface area contributed by atoms with Crippen molar-refractivity contribution in [3.8, 4) is 5.75 Å². The summed E-state index contributed by atoms with van der Waals surface area (Å²) in [7, 11) is 0. The second-order valence-electron chi connectivity index (χ2n) is 2.86. The van der Waals surface area contributed by atoms with Gasteiger partial charge in [0.05, 0.1) is 5.56 Å². The lowest BCUT2D eigenvalue weighted by Gasteiger charge is -2.11. The van der Waals surface area contributed by atoms with E-state index in [0.717, 1.165) is 0 Å². The van der Waals surface area contributed by atoms with E-state index in [4.69, 9.17) is 5.11 Å². The van der Waals surface area contributed by atoms with Crippen LogP contribution in [0.15, 0.2) is 6.07 Å². The van der Waals surface area contributed by atoms with Gasteiger partial charge in [0.2, 0.25) is 0 Å². The largest absolute Gasteiger partial charge is 0.573 e. The molecule has 10 heteroatoms. The van der Waals surface area contributed by atoms with Crippen LogP contribution in [0, 0.1) is 5.95 Å². The van der Waals surface area contributed by atoms with E-state index in [9.17, 15) is 31.1 Å². The number of ether oxygens (including phenoxy) is 1. The minimum atomic E-state index is -5.30. The fourth-order valence-electron chi connectivity index (χ4n) is 1.02. The van der Waals surface area contributed by atoms with Crippen molar-refractivity contribution < 1.29 is 41.0 Å². The second-order valence-corrected chi connectivity index (χ2v) is 2.86. The van der Waals surface area contributed by atoms with Crippen LogP contribution in [0.25, 0.3) is 0 Å². The molecule has 0 amide bonds. The average molecular weight is 275 g/mol. The molecule has 0 bridgehead atoms. The van der Waals surface area contributed by atoms with Crippen molar-refractivity contribution in [2.24, 2.45) is 0 Å². The SMILES string of the molecule is O=C(O)c1cc(OC(F)(F)F)c(F)nc1C(F)F. The van der Waals surface area contributed by atoms with E-state index in [0.29, 0.717) is 0 Å². The fraction of sp³-hybridized carbons (Fsp3) is 0.250. The Bertz CT molecular complexity index is 473. The van der Waals surface area contributed by atoms with Gasteiger partial charge < -0.3 is 9.84 Å². The zero-order valence-electron chi connectivity index (χ0n) is 8.13. The van der Waals surface area contributed by atoms with Gasteiger partial charge in [-0.15, -0.1) is 13.2 Å². The van der Waals surface area contributed by atoms with Gasteiger partial charge >= 0.3 is 12.3 Å². The minimum Gasteiger partial charge on any atom is -0.478 e. The summed E-state index contributed by atoms with van der Waals surface area (Å²) in [5.74, 6) is -5.55. The quantitative estimate of drug-likeness (QED) is 0.680. The molecular formula is C8H3F6NO3. The summed E-state index contributed by atoms with van der Waals surface area (Å²) >= 11 is 0. The molecule has 0 aliphatic carbocycles. The monoisotopic (exact) mass is 275 g/mol. The first kappa shape index (κ1) is 14.1. The predicted molar refractivity (Wildman–Crippen MR) is 42.8 cm³/mol. The molecule has 0 saturated carbocycles. The molecule has 0 fully saturated rings. The van der Waals surface area contributed by atoms with Gasteiger partial charge in [-0.3, -0.25) is 0 Å². The Hall–Kier alpha value is -2.00. The highest BCUT2D eigenvalue weighted by molar-refractivity contribution is 5.89. The van der Waals surface area contributed by atoms with Gasteiger partial charge in [0, 0.05) is 6.07 Å². The minimum absolute atomic E-state index is 0.000347. The van der Waals surface area contributed by atoms with Gasteiger partial charge in [0.1, 0.15) is 5.69 Å². The Morgan fingerprint density at radius 2 is 1.94 bits per heavy atom. The zero-order valence-corrected chi connectivity index (χ0v) is 8.13. The van der Waals surface area contributed by atoms with Crippen LogP contribution in [0.1, 0.15) is 22.5 Å². The summed E-state index contributed by atoms with van der Waals surface area (Å²) in [6, 6.07) is -0.000347. The summed E-state index contributed by atoms with van der Waals surface area (Å²) in [5, 5.41) is 8.50. The maximum Gasteiger partial charge on any atom is 0.573 e. The number of carbonyl (C=O) groups is 1. The second kappa shape index (κ2) is 4.70. The van der Waals surface area contributed by atoms with Crippen LogP contribution >= 0.6 is 0 Å². The van der Waals surface area contributed by atoms with Crippen molar-refractivity contribution in [1.29, 1.82) is 0 Å². The lowest BCUT2D eigenvalue weighted by atomic mass is 10.2. The summed E-state index contributed by atoms with van der Waals surface area (Å²) < 4.78 is 76.0. The molecule has 0 aromatic carbocycles.